The predicted octanol–water partition coefficient (Wildman–Crippen LogP) is 4.46. The molecule has 38 heavy (non-hydrogen) atoms. The number of aromatic nitrogens is 3. The molecule has 3 heterocycles. The molecule has 0 bridgehead atoms. The van der Waals surface area contributed by atoms with E-state index >= 15 is 8.78 Å². The summed E-state index contributed by atoms with van der Waals surface area (Å²) >= 11 is 0. The Kier molecular flexibility index (Phi) is 5.98. The number of nitrogens with zero attached hydrogens (tertiary/aromatic N) is 5. The van der Waals surface area contributed by atoms with Gasteiger partial charge >= 0.3 is 6.18 Å². The lowest BCUT2D eigenvalue weighted by atomic mass is 10.0. The number of fused-ring (bicyclic) bond motifs is 1. The average Bonchev–Trinajstić information content (AvgIpc) is 3.23. The first kappa shape index (κ1) is 25.2. The second-order valence-corrected chi connectivity index (χ2v) is 12.2. The van der Waals surface area contributed by atoms with E-state index in [0.717, 1.165) is 12.1 Å². The Bertz CT molecular complexity index is 1420. The Hall–Kier alpha value is -3.06. The normalized spacial score (nSPS) is 28.9. The Balaban J connectivity index is 1.25. The molecule has 202 valence electrons. The highest BCUT2D eigenvalue weighted by Crippen LogP contribution is 2.56. The average molecular weight is 554 g/mol. The zero-order chi connectivity index (χ0) is 26.8. The fourth-order valence-electron chi connectivity index (χ4n) is 6.08. The standard InChI is InChI=1S/C25H24F5N5O2S/c26-19-9-21(33-11-17-18(12-33)24(17)34-13-31-32-14-34)20(27)8-16(19)10-35-23(25(28,29)30)7-6-22(38(35,36)37)15-4-2-1-3-5-15/h1-5,8-9,13-14,17-18,22-24H,6-7,10-12H2/t17-,18?,22-,23-,24-/m1/s1. The van der Waals surface area contributed by atoms with Gasteiger partial charge in [0.05, 0.1) is 5.69 Å². The minimum atomic E-state index is -4.86. The summed E-state index contributed by atoms with van der Waals surface area (Å²) in [5.74, 6) is -1.29. The first-order valence-electron chi connectivity index (χ1n) is 12.2. The fourth-order valence-corrected chi connectivity index (χ4v) is 8.24. The largest absolute Gasteiger partial charge is 0.405 e. The summed E-state index contributed by atoms with van der Waals surface area (Å²) in [6.45, 7) is 0.0527. The smallest absolute Gasteiger partial charge is 0.368 e. The minimum absolute atomic E-state index is 0.0111. The van der Waals surface area contributed by atoms with Crippen LogP contribution >= 0.6 is 0 Å². The van der Waals surface area contributed by atoms with Gasteiger partial charge < -0.3 is 9.47 Å². The molecule has 2 aliphatic heterocycles. The number of rotatable bonds is 5. The van der Waals surface area contributed by atoms with Crippen molar-refractivity contribution in [3.8, 4) is 0 Å². The molecule has 3 aromatic rings. The van der Waals surface area contributed by atoms with Gasteiger partial charge in [-0.05, 0) is 24.5 Å². The minimum Gasteiger partial charge on any atom is -0.368 e. The highest BCUT2D eigenvalue weighted by molar-refractivity contribution is 7.89. The summed E-state index contributed by atoms with van der Waals surface area (Å²) in [7, 11) is -4.53. The van der Waals surface area contributed by atoms with Crippen LogP contribution in [0.15, 0.2) is 55.1 Å². The molecule has 0 N–H and O–H groups in total. The molecule has 0 amide bonds. The third-order valence-corrected chi connectivity index (χ3v) is 10.3. The summed E-state index contributed by atoms with van der Waals surface area (Å²) in [5.41, 5.74) is -0.0704. The zero-order valence-electron chi connectivity index (χ0n) is 20.0. The van der Waals surface area contributed by atoms with E-state index in [4.69, 9.17) is 0 Å². The molecular formula is C25H24F5N5O2S. The third kappa shape index (κ3) is 4.25. The lowest BCUT2D eigenvalue weighted by Crippen LogP contribution is -2.52. The molecule has 3 fully saturated rings. The van der Waals surface area contributed by atoms with Crippen molar-refractivity contribution in [3.05, 3.63) is 77.9 Å². The highest BCUT2D eigenvalue weighted by atomic mass is 32.2. The Labute approximate surface area is 215 Å². The second kappa shape index (κ2) is 9.01. The topological polar surface area (TPSA) is 71.3 Å². The molecule has 1 unspecified atom stereocenters. The van der Waals surface area contributed by atoms with E-state index < -0.39 is 57.7 Å². The van der Waals surface area contributed by atoms with Crippen LogP contribution < -0.4 is 4.90 Å². The maximum Gasteiger partial charge on any atom is 0.405 e. The second-order valence-electron chi connectivity index (χ2n) is 10.2. The number of hydrogen-bond acceptors (Lipinski definition) is 5. The summed E-state index contributed by atoms with van der Waals surface area (Å²) < 4.78 is 101. The summed E-state index contributed by atoms with van der Waals surface area (Å²) in [4.78, 5) is 1.71. The molecule has 1 aromatic heterocycles. The SMILES string of the molecule is O=S1(=O)[C@@H](c2ccccc2)CC[C@H](C(F)(F)F)N1Cc1cc(F)c(N2CC3[C@@H](C2)[C@H]3n2cnnc2)cc1F. The molecule has 5 atom stereocenters. The first-order valence-corrected chi connectivity index (χ1v) is 13.8. The van der Waals surface area contributed by atoms with Crippen LogP contribution in [0.2, 0.25) is 0 Å². The van der Waals surface area contributed by atoms with Crippen LogP contribution in [0.5, 0.6) is 0 Å². The van der Waals surface area contributed by atoms with E-state index in [9.17, 15) is 21.6 Å². The molecule has 13 heteroatoms. The van der Waals surface area contributed by atoms with Crippen LogP contribution in [0.1, 0.15) is 35.3 Å². The van der Waals surface area contributed by atoms with Crippen molar-refractivity contribution >= 4 is 15.7 Å². The van der Waals surface area contributed by atoms with Crippen molar-refractivity contribution in [1.29, 1.82) is 0 Å². The lowest BCUT2D eigenvalue weighted by Gasteiger charge is -2.40. The van der Waals surface area contributed by atoms with E-state index in [0.29, 0.717) is 23.0 Å². The fraction of sp³-hybridized carbons (Fsp3) is 0.440. The summed E-state index contributed by atoms with van der Waals surface area (Å²) in [6.07, 6.45) is -2.33. The maximum absolute atomic E-state index is 15.2. The van der Waals surface area contributed by atoms with Gasteiger partial charge in [0, 0.05) is 49.1 Å². The molecule has 6 rings (SSSR count). The van der Waals surface area contributed by atoms with Crippen molar-refractivity contribution in [2.75, 3.05) is 18.0 Å². The van der Waals surface area contributed by atoms with Crippen LogP contribution in [-0.4, -0.2) is 52.8 Å². The Morgan fingerprint density at radius 1 is 0.921 bits per heavy atom. The van der Waals surface area contributed by atoms with Gasteiger partial charge in [0.15, 0.2) is 0 Å². The number of sulfonamides is 1. The lowest BCUT2D eigenvalue weighted by molar-refractivity contribution is -0.176. The molecule has 2 saturated heterocycles. The van der Waals surface area contributed by atoms with Gasteiger partial charge in [-0.1, -0.05) is 30.3 Å². The molecule has 7 nitrogen and oxygen atoms in total. The van der Waals surface area contributed by atoms with E-state index in [1.165, 1.54) is 12.1 Å². The van der Waals surface area contributed by atoms with Crippen LogP contribution in [-0.2, 0) is 16.6 Å². The summed E-state index contributed by atoms with van der Waals surface area (Å²) in [6, 6.07) is 7.62. The van der Waals surface area contributed by atoms with Gasteiger partial charge in [0.2, 0.25) is 10.0 Å². The van der Waals surface area contributed by atoms with E-state index in [1.54, 1.807) is 35.8 Å². The number of piperidine rings is 1. The predicted molar refractivity (Wildman–Crippen MR) is 127 cm³/mol. The van der Waals surface area contributed by atoms with Crippen molar-refractivity contribution in [1.82, 2.24) is 19.1 Å². The molecule has 0 spiro atoms. The molecule has 1 saturated carbocycles. The van der Waals surface area contributed by atoms with Crippen molar-refractivity contribution in [2.24, 2.45) is 11.8 Å². The van der Waals surface area contributed by atoms with E-state index in [1.807, 2.05) is 4.57 Å². The maximum atomic E-state index is 15.2. The Morgan fingerprint density at radius 2 is 1.58 bits per heavy atom. The first-order chi connectivity index (χ1) is 18.1. The van der Waals surface area contributed by atoms with E-state index in [2.05, 4.69) is 10.2 Å². The Morgan fingerprint density at radius 3 is 2.21 bits per heavy atom. The van der Waals surface area contributed by atoms with Gasteiger partial charge in [-0.3, -0.25) is 0 Å². The van der Waals surface area contributed by atoms with Crippen LogP contribution in [0.25, 0.3) is 0 Å². The van der Waals surface area contributed by atoms with Gasteiger partial charge in [0.1, 0.15) is 35.6 Å². The zero-order valence-corrected chi connectivity index (χ0v) is 20.8. The van der Waals surface area contributed by atoms with Gasteiger partial charge in [-0.2, -0.15) is 17.5 Å². The van der Waals surface area contributed by atoms with Crippen molar-refractivity contribution in [2.45, 2.75) is 42.9 Å². The van der Waals surface area contributed by atoms with Crippen molar-refractivity contribution in [3.63, 3.8) is 0 Å². The van der Waals surface area contributed by atoms with Gasteiger partial charge in [0.25, 0.3) is 0 Å². The third-order valence-electron chi connectivity index (χ3n) is 8.00. The van der Waals surface area contributed by atoms with Gasteiger partial charge in [-0.15, -0.1) is 10.2 Å². The molecule has 1 aliphatic carbocycles. The van der Waals surface area contributed by atoms with Crippen LogP contribution in [0.3, 0.4) is 0 Å². The van der Waals surface area contributed by atoms with Crippen LogP contribution in [0, 0.1) is 23.5 Å². The highest BCUT2D eigenvalue weighted by Gasteiger charge is 2.57. The number of alkyl halides is 3. The molecular weight excluding hydrogens is 529 g/mol. The van der Waals surface area contributed by atoms with Crippen LogP contribution in [0.4, 0.5) is 27.6 Å². The molecule has 2 aromatic carbocycles. The number of hydrogen-bond donors (Lipinski definition) is 0. The summed E-state index contributed by atoms with van der Waals surface area (Å²) in [5, 5.41) is 6.39. The van der Waals surface area contributed by atoms with E-state index in [-0.39, 0.29) is 30.0 Å². The van der Waals surface area contributed by atoms with Gasteiger partial charge in [-0.25, -0.2) is 17.2 Å². The number of halogens is 5. The number of anilines is 1. The molecule has 0 radical (unpaired) electrons. The molecule has 3 aliphatic rings. The quantitative estimate of drug-likeness (QED) is 0.437. The number of benzene rings is 2. The van der Waals surface area contributed by atoms with Crippen molar-refractivity contribution < 1.29 is 30.4 Å². The monoisotopic (exact) mass is 553 g/mol.